The van der Waals surface area contributed by atoms with Crippen LogP contribution in [-0.4, -0.2) is 36.4 Å². The van der Waals surface area contributed by atoms with E-state index in [-0.39, 0.29) is 13.2 Å². The van der Waals surface area contributed by atoms with Gasteiger partial charge in [0.25, 0.3) is 5.91 Å². The molecule has 0 saturated carbocycles. The summed E-state index contributed by atoms with van der Waals surface area (Å²) in [5.74, 6) is 0.109. The van der Waals surface area contributed by atoms with Gasteiger partial charge in [-0.2, -0.15) is 5.10 Å². The molecule has 3 aromatic rings. The fraction of sp³-hybridized carbons (Fsp3) is 0.200. The van der Waals surface area contributed by atoms with Gasteiger partial charge in [-0.25, -0.2) is 10.2 Å². The fourth-order valence-electron chi connectivity index (χ4n) is 4.07. The molecule has 1 aliphatic heterocycles. The van der Waals surface area contributed by atoms with Gasteiger partial charge in [0.1, 0.15) is 18.1 Å². The molecule has 1 heterocycles. The second kappa shape index (κ2) is 14.4. The summed E-state index contributed by atoms with van der Waals surface area (Å²) in [7, 11) is 0. The molecule has 3 aromatic carbocycles. The number of hydrogen-bond donors (Lipinski definition) is 3. The number of esters is 1. The van der Waals surface area contributed by atoms with Crippen LogP contribution in [0.2, 0.25) is 0 Å². The van der Waals surface area contributed by atoms with Crippen LogP contribution in [0, 0.1) is 0 Å². The summed E-state index contributed by atoms with van der Waals surface area (Å²) < 4.78 is 18.0. The lowest BCUT2D eigenvalue weighted by Gasteiger charge is -2.30. The average molecular weight is 638 g/mol. The monoisotopic (exact) mass is 636 g/mol. The van der Waals surface area contributed by atoms with Crippen molar-refractivity contribution in [3.8, 4) is 11.5 Å². The van der Waals surface area contributed by atoms with Crippen LogP contribution >= 0.6 is 28.1 Å². The molecular weight excluding hydrogens is 608 g/mol. The number of hydrazone groups is 1. The number of ether oxygens (including phenoxy) is 3. The van der Waals surface area contributed by atoms with Crippen LogP contribution in [0.15, 0.2) is 93.6 Å². The van der Waals surface area contributed by atoms with E-state index in [4.69, 9.17) is 26.4 Å². The van der Waals surface area contributed by atoms with Gasteiger partial charge in [-0.1, -0.05) is 58.4 Å². The summed E-state index contributed by atoms with van der Waals surface area (Å²) in [6.45, 7) is 3.81. The number of thiocarbonyl (C=S) groups is 1. The first-order valence-electron chi connectivity index (χ1n) is 12.8. The highest BCUT2D eigenvalue weighted by Gasteiger charge is 2.32. The van der Waals surface area contributed by atoms with E-state index < -0.39 is 17.9 Å². The normalized spacial score (nSPS) is 14.7. The Balaban J connectivity index is 1.39. The lowest BCUT2D eigenvalue weighted by atomic mass is 9.95. The predicted octanol–water partition coefficient (Wildman–Crippen LogP) is 4.91. The molecule has 0 aromatic heterocycles. The number of nitrogens with zero attached hydrogens (tertiary/aromatic N) is 1. The van der Waals surface area contributed by atoms with Crippen LogP contribution < -0.4 is 25.5 Å². The topological polar surface area (TPSA) is 110 Å². The number of benzene rings is 3. The van der Waals surface area contributed by atoms with Crippen molar-refractivity contribution in [1.82, 2.24) is 16.1 Å². The van der Waals surface area contributed by atoms with Gasteiger partial charge in [0.15, 0.2) is 11.7 Å². The molecule has 11 heteroatoms. The van der Waals surface area contributed by atoms with Gasteiger partial charge in [0.05, 0.1) is 24.4 Å². The summed E-state index contributed by atoms with van der Waals surface area (Å²) >= 11 is 8.74. The molecular formula is C30H29BrN4O5S. The number of carbonyl (C=O) groups excluding carboxylic acids is 2. The van der Waals surface area contributed by atoms with E-state index in [1.165, 1.54) is 6.21 Å². The summed E-state index contributed by atoms with van der Waals surface area (Å²) in [6, 6.07) is 21.8. The predicted molar refractivity (Wildman–Crippen MR) is 164 cm³/mol. The number of allylic oxidation sites excluding steroid dienone is 1. The van der Waals surface area contributed by atoms with Crippen molar-refractivity contribution < 1.29 is 23.8 Å². The maximum Gasteiger partial charge on any atom is 0.338 e. The standard InChI is InChI=1S/C30H29BrN4O5S/c1-3-38-29(37)27-19(2)33-30(41)34-28(27)23-9-5-7-11-25(23)40-18-26(36)35-32-16-21-8-4-6-10-24(21)39-17-20-12-14-22(31)15-13-20/h4-16,28H,3,17-18H2,1-2H3,(H,35,36)(H2,33,34,41)/t28-/m1/s1. The SMILES string of the molecule is CCOC(=O)C1=C(C)NC(=S)N[C@@H]1c1ccccc1OCC(=O)NN=Cc1ccccc1OCc1ccc(Br)cc1. The second-order valence-electron chi connectivity index (χ2n) is 8.86. The van der Waals surface area contributed by atoms with Gasteiger partial charge in [-0.05, 0) is 62.0 Å². The van der Waals surface area contributed by atoms with Gasteiger partial charge in [0, 0.05) is 21.3 Å². The minimum absolute atomic E-state index is 0.230. The molecule has 0 fully saturated rings. The fourth-order valence-corrected chi connectivity index (χ4v) is 4.60. The zero-order valence-corrected chi connectivity index (χ0v) is 24.9. The third kappa shape index (κ3) is 8.15. The van der Waals surface area contributed by atoms with Gasteiger partial charge in [-0.15, -0.1) is 0 Å². The minimum Gasteiger partial charge on any atom is -0.488 e. The van der Waals surface area contributed by atoms with Gasteiger partial charge >= 0.3 is 5.97 Å². The lowest BCUT2D eigenvalue weighted by Crippen LogP contribution is -2.45. The highest BCUT2D eigenvalue weighted by molar-refractivity contribution is 9.10. The average Bonchev–Trinajstić information content (AvgIpc) is 2.96. The van der Waals surface area contributed by atoms with Crippen molar-refractivity contribution >= 4 is 51.4 Å². The van der Waals surface area contributed by atoms with E-state index in [1.54, 1.807) is 32.0 Å². The summed E-state index contributed by atoms with van der Waals surface area (Å²) in [5.41, 5.74) is 5.80. The third-order valence-electron chi connectivity index (χ3n) is 5.97. The van der Waals surface area contributed by atoms with Crippen LogP contribution in [-0.2, 0) is 20.9 Å². The number of para-hydroxylation sites is 2. The Morgan fingerprint density at radius 1 is 1.02 bits per heavy atom. The highest BCUT2D eigenvalue weighted by Crippen LogP contribution is 2.33. The largest absolute Gasteiger partial charge is 0.488 e. The van der Waals surface area contributed by atoms with Crippen LogP contribution in [0.3, 0.4) is 0 Å². The van der Waals surface area contributed by atoms with E-state index in [0.29, 0.717) is 45.6 Å². The number of halogens is 1. The van der Waals surface area contributed by atoms with Gasteiger partial charge in [0.2, 0.25) is 0 Å². The van der Waals surface area contributed by atoms with Crippen molar-refractivity contribution in [2.24, 2.45) is 5.10 Å². The molecule has 4 rings (SSSR count). The molecule has 0 unspecified atom stereocenters. The first-order chi connectivity index (χ1) is 19.9. The molecule has 3 N–H and O–H groups in total. The molecule has 41 heavy (non-hydrogen) atoms. The van der Waals surface area contributed by atoms with Crippen LogP contribution in [0.25, 0.3) is 0 Å². The summed E-state index contributed by atoms with van der Waals surface area (Å²) in [5, 5.41) is 10.5. The molecule has 212 valence electrons. The van der Waals surface area contributed by atoms with E-state index in [0.717, 1.165) is 10.0 Å². The molecule has 0 saturated heterocycles. The second-order valence-corrected chi connectivity index (χ2v) is 10.2. The molecule has 1 atom stereocenters. The molecule has 1 amide bonds. The Morgan fingerprint density at radius 3 is 2.49 bits per heavy atom. The van der Waals surface area contributed by atoms with Crippen molar-refractivity contribution in [3.63, 3.8) is 0 Å². The van der Waals surface area contributed by atoms with Crippen LogP contribution in [0.5, 0.6) is 11.5 Å². The van der Waals surface area contributed by atoms with E-state index in [1.807, 2.05) is 54.6 Å². The number of hydrogen-bond acceptors (Lipinski definition) is 7. The highest BCUT2D eigenvalue weighted by atomic mass is 79.9. The number of nitrogens with one attached hydrogen (secondary N) is 3. The van der Waals surface area contributed by atoms with Crippen molar-refractivity contribution in [2.75, 3.05) is 13.2 Å². The molecule has 0 bridgehead atoms. The quantitative estimate of drug-likeness (QED) is 0.118. The van der Waals surface area contributed by atoms with Crippen molar-refractivity contribution in [1.29, 1.82) is 0 Å². The van der Waals surface area contributed by atoms with E-state index >= 15 is 0 Å². The Morgan fingerprint density at radius 2 is 1.73 bits per heavy atom. The van der Waals surface area contributed by atoms with Gasteiger partial charge in [-0.3, -0.25) is 4.79 Å². The number of amides is 1. The van der Waals surface area contributed by atoms with E-state index in [9.17, 15) is 9.59 Å². The van der Waals surface area contributed by atoms with Crippen LogP contribution in [0.4, 0.5) is 0 Å². The Hall–Kier alpha value is -4.22. The number of carbonyl (C=O) groups is 2. The molecule has 1 aliphatic rings. The Kier molecular flexibility index (Phi) is 10.5. The van der Waals surface area contributed by atoms with E-state index in [2.05, 4.69) is 37.1 Å². The molecule has 0 aliphatic carbocycles. The first-order valence-corrected chi connectivity index (χ1v) is 14.0. The van der Waals surface area contributed by atoms with Crippen molar-refractivity contribution in [3.05, 3.63) is 105 Å². The maximum absolute atomic E-state index is 12.7. The maximum atomic E-state index is 12.7. The third-order valence-corrected chi connectivity index (χ3v) is 6.72. The van der Waals surface area contributed by atoms with Crippen LogP contribution in [0.1, 0.15) is 36.6 Å². The summed E-state index contributed by atoms with van der Waals surface area (Å²) in [6.07, 6.45) is 1.52. The lowest BCUT2D eigenvalue weighted by molar-refractivity contribution is -0.139. The van der Waals surface area contributed by atoms with Gasteiger partial charge < -0.3 is 24.8 Å². The summed E-state index contributed by atoms with van der Waals surface area (Å²) in [4.78, 5) is 25.3. The Labute approximate surface area is 252 Å². The Bertz CT molecular complexity index is 1480. The first kappa shape index (κ1) is 29.8. The smallest absolute Gasteiger partial charge is 0.338 e. The molecule has 0 radical (unpaired) electrons. The zero-order chi connectivity index (χ0) is 29.2. The minimum atomic E-state index is -0.617. The number of rotatable bonds is 11. The zero-order valence-electron chi connectivity index (χ0n) is 22.5. The molecule has 9 nitrogen and oxygen atoms in total. The van der Waals surface area contributed by atoms with Crippen molar-refractivity contribution in [2.45, 2.75) is 26.5 Å². The molecule has 0 spiro atoms.